The first-order valence-corrected chi connectivity index (χ1v) is 5.48. The highest BCUT2D eigenvalue weighted by Gasteiger charge is 2.07. The van der Waals surface area contributed by atoms with Crippen LogP contribution in [0.3, 0.4) is 0 Å². The van der Waals surface area contributed by atoms with Crippen molar-refractivity contribution in [2.45, 2.75) is 20.1 Å². The molecule has 2 N–H and O–H groups in total. The number of nitrogens with zero attached hydrogens (tertiary/aromatic N) is 2. The first-order chi connectivity index (χ1) is 7.76. The van der Waals surface area contributed by atoms with Crippen molar-refractivity contribution in [3.05, 3.63) is 29.6 Å². The van der Waals surface area contributed by atoms with Gasteiger partial charge in [-0.25, -0.2) is 4.98 Å². The van der Waals surface area contributed by atoms with Crippen LogP contribution in [0.25, 0.3) is 11.0 Å². The van der Waals surface area contributed by atoms with Crippen LogP contribution in [-0.4, -0.2) is 16.2 Å². The normalized spacial score (nSPS) is 11.2. The maximum Gasteiger partial charge on any atom is 0.135 e. The van der Waals surface area contributed by atoms with E-state index >= 15 is 0 Å². The van der Waals surface area contributed by atoms with Crippen LogP contribution in [0.15, 0.2) is 18.2 Å². The van der Waals surface area contributed by atoms with E-state index in [1.807, 2.05) is 26.1 Å². The Morgan fingerprint density at radius 2 is 2.25 bits per heavy atom. The smallest absolute Gasteiger partial charge is 0.135 e. The summed E-state index contributed by atoms with van der Waals surface area (Å²) in [4.78, 5) is 4.52. The van der Waals surface area contributed by atoms with Crippen LogP contribution in [0.5, 0.6) is 0 Å². The molecule has 0 fully saturated rings. The Morgan fingerprint density at radius 1 is 1.44 bits per heavy atom. The number of hydrogen-bond donors (Lipinski definition) is 1. The van der Waals surface area contributed by atoms with Gasteiger partial charge in [0.25, 0.3) is 0 Å². The van der Waals surface area contributed by atoms with Gasteiger partial charge in [0.1, 0.15) is 12.4 Å². The number of benzene rings is 1. The SMILES string of the molecule is CCOCc1nc2ccc(CN)cc2n1C. The fraction of sp³-hybridized carbons (Fsp3) is 0.417. The molecule has 1 heterocycles. The van der Waals surface area contributed by atoms with Crippen LogP contribution >= 0.6 is 0 Å². The van der Waals surface area contributed by atoms with Gasteiger partial charge in [-0.05, 0) is 24.6 Å². The van der Waals surface area contributed by atoms with Crippen LogP contribution in [-0.2, 0) is 24.9 Å². The zero-order valence-corrected chi connectivity index (χ0v) is 9.73. The topological polar surface area (TPSA) is 53.1 Å². The minimum absolute atomic E-state index is 0.555. The standard InChI is InChI=1S/C12H17N3O/c1-3-16-8-12-14-10-5-4-9(7-13)6-11(10)15(12)2/h4-6H,3,7-8,13H2,1-2H3. The van der Waals surface area contributed by atoms with Crippen LogP contribution in [0, 0.1) is 0 Å². The number of aryl methyl sites for hydroxylation is 1. The predicted octanol–water partition coefficient (Wildman–Crippen LogP) is 1.57. The van der Waals surface area contributed by atoms with Crippen molar-refractivity contribution in [2.75, 3.05) is 6.61 Å². The van der Waals surface area contributed by atoms with E-state index in [0.717, 1.165) is 22.4 Å². The molecular weight excluding hydrogens is 202 g/mol. The van der Waals surface area contributed by atoms with E-state index in [0.29, 0.717) is 19.8 Å². The van der Waals surface area contributed by atoms with Crippen LogP contribution < -0.4 is 5.73 Å². The Morgan fingerprint density at radius 3 is 2.94 bits per heavy atom. The van der Waals surface area contributed by atoms with Gasteiger partial charge in [-0.15, -0.1) is 0 Å². The molecule has 0 bridgehead atoms. The number of ether oxygens (including phenoxy) is 1. The Kier molecular flexibility index (Phi) is 3.22. The zero-order chi connectivity index (χ0) is 11.5. The minimum Gasteiger partial charge on any atom is -0.374 e. The monoisotopic (exact) mass is 219 g/mol. The van der Waals surface area contributed by atoms with Gasteiger partial charge in [0.15, 0.2) is 0 Å². The second-order valence-corrected chi connectivity index (χ2v) is 3.75. The molecule has 0 aliphatic heterocycles. The fourth-order valence-corrected chi connectivity index (χ4v) is 1.73. The van der Waals surface area contributed by atoms with Gasteiger partial charge < -0.3 is 15.0 Å². The number of nitrogens with two attached hydrogens (primary N) is 1. The summed E-state index contributed by atoms with van der Waals surface area (Å²) >= 11 is 0. The molecule has 0 spiro atoms. The van der Waals surface area contributed by atoms with Gasteiger partial charge in [0, 0.05) is 20.2 Å². The van der Waals surface area contributed by atoms with Crippen LogP contribution in [0.2, 0.25) is 0 Å². The third kappa shape index (κ3) is 1.94. The molecule has 0 unspecified atom stereocenters. The number of rotatable bonds is 4. The van der Waals surface area contributed by atoms with Gasteiger partial charge >= 0.3 is 0 Å². The lowest BCUT2D eigenvalue weighted by atomic mass is 10.2. The maximum atomic E-state index is 5.62. The van der Waals surface area contributed by atoms with Gasteiger partial charge in [-0.3, -0.25) is 0 Å². The molecule has 4 heteroatoms. The van der Waals surface area contributed by atoms with E-state index in [2.05, 4.69) is 15.6 Å². The van der Waals surface area contributed by atoms with E-state index in [-0.39, 0.29) is 0 Å². The molecule has 1 aromatic carbocycles. The fourth-order valence-electron chi connectivity index (χ4n) is 1.73. The molecule has 0 saturated carbocycles. The van der Waals surface area contributed by atoms with Crippen LogP contribution in [0.1, 0.15) is 18.3 Å². The van der Waals surface area contributed by atoms with Crippen molar-refractivity contribution in [3.8, 4) is 0 Å². The van der Waals surface area contributed by atoms with Gasteiger partial charge in [-0.2, -0.15) is 0 Å². The number of fused-ring (bicyclic) bond motifs is 1. The summed E-state index contributed by atoms with van der Waals surface area (Å²) in [5.74, 6) is 0.950. The van der Waals surface area contributed by atoms with Crippen molar-refractivity contribution in [1.82, 2.24) is 9.55 Å². The summed E-state index contributed by atoms with van der Waals surface area (Å²) in [6, 6.07) is 6.10. The summed E-state index contributed by atoms with van der Waals surface area (Å²) < 4.78 is 7.44. The van der Waals surface area contributed by atoms with Crippen molar-refractivity contribution in [2.24, 2.45) is 12.8 Å². The molecular formula is C12H17N3O. The van der Waals surface area contributed by atoms with Crippen molar-refractivity contribution >= 4 is 11.0 Å². The lowest BCUT2D eigenvalue weighted by Gasteiger charge is -2.02. The first-order valence-electron chi connectivity index (χ1n) is 5.48. The van der Waals surface area contributed by atoms with Gasteiger partial charge in [0.2, 0.25) is 0 Å². The first kappa shape index (κ1) is 11.1. The van der Waals surface area contributed by atoms with E-state index in [1.54, 1.807) is 0 Å². The lowest BCUT2D eigenvalue weighted by Crippen LogP contribution is -2.01. The average molecular weight is 219 g/mol. The van der Waals surface area contributed by atoms with Gasteiger partial charge in [0.05, 0.1) is 11.0 Å². The summed E-state index contributed by atoms with van der Waals surface area (Å²) in [5.41, 5.74) is 8.85. The van der Waals surface area contributed by atoms with Crippen molar-refractivity contribution < 1.29 is 4.74 Å². The molecule has 0 aliphatic rings. The Hall–Kier alpha value is -1.39. The number of hydrogen-bond acceptors (Lipinski definition) is 3. The molecule has 16 heavy (non-hydrogen) atoms. The molecule has 0 amide bonds. The van der Waals surface area contributed by atoms with E-state index in [9.17, 15) is 0 Å². The van der Waals surface area contributed by atoms with Crippen molar-refractivity contribution in [3.63, 3.8) is 0 Å². The Balaban J connectivity index is 2.42. The molecule has 2 rings (SSSR count). The largest absolute Gasteiger partial charge is 0.374 e. The predicted molar refractivity (Wildman–Crippen MR) is 63.9 cm³/mol. The number of imidazole rings is 1. The summed E-state index contributed by atoms with van der Waals surface area (Å²) in [6.45, 7) is 3.80. The summed E-state index contributed by atoms with van der Waals surface area (Å²) in [7, 11) is 2.00. The van der Waals surface area contributed by atoms with Gasteiger partial charge in [-0.1, -0.05) is 6.07 Å². The van der Waals surface area contributed by atoms with E-state index < -0.39 is 0 Å². The number of aromatic nitrogens is 2. The highest BCUT2D eigenvalue weighted by atomic mass is 16.5. The molecule has 4 nitrogen and oxygen atoms in total. The second kappa shape index (κ2) is 4.63. The molecule has 2 aromatic rings. The van der Waals surface area contributed by atoms with Crippen LogP contribution in [0.4, 0.5) is 0 Å². The molecule has 0 radical (unpaired) electrons. The molecule has 86 valence electrons. The molecule has 1 aromatic heterocycles. The highest BCUT2D eigenvalue weighted by Crippen LogP contribution is 2.17. The Labute approximate surface area is 95.0 Å². The maximum absolute atomic E-state index is 5.62. The lowest BCUT2D eigenvalue weighted by molar-refractivity contribution is 0.126. The second-order valence-electron chi connectivity index (χ2n) is 3.75. The molecule has 0 saturated heterocycles. The summed E-state index contributed by atoms with van der Waals surface area (Å²) in [6.07, 6.45) is 0. The third-order valence-corrected chi connectivity index (χ3v) is 2.71. The van der Waals surface area contributed by atoms with E-state index in [1.165, 1.54) is 0 Å². The summed E-state index contributed by atoms with van der Waals surface area (Å²) in [5, 5.41) is 0. The highest BCUT2D eigenvalue weighted by molar-refractivity contribution is 5.76. The molecule has 0 aliphatic carbocycles. The van der Waals surface area contributed by atoms with E-state index in [4.69, 9.17) is 10.5 Å². The minimum atomic E-state index is 0.555. The average Bonchev–Trinajstić information content (AvgIpc) is 2.63. The quantitative estimate of drug-likeness (QED) is 0.849. The molecule has 0 atom stereocenters. The van der Waals surface area contributed by atoms with Crippen molar-refractivity contribution in [1.29, 1.82) is 0 Å². The third-order valence-electron chi connectivity index (χ3n) is 2.71. The zero-order valence-electron chi connectivity index (χ0n) is 9.73. The Bertz CT molecular complexity index is 490.